The third-order valence-electron chi connectivity index (χ3n) is 3.28. The molecule has 1 aliphatic heterocycles. The first kappa shape index (κ1) is 16.1. The van der Waals surface area contributed by atoms with Crippen LogP contribution in [0, 0.1) is 5.41 Å². The van der Waals surface area contributed by atoms with Crippen LogP contribution in [-0.2, 0) is 9.53 Å². The first-order valence-corrected chi connectivity index (χ1v) is 7.65. The lowest BCUT2D eigenvalue weighted by Crippen LogP contribution is -2.36. The lowest BCUT2D eigenvalue weighted by molar-refractivity contribution is -0.117. The molecule has 0 aromatic heterocycles. The van der Waals surface area contributed by atoms with E-state index >= 15 is 0 Å². The number of hydrogen-bond acceptors (Lipinski definition) is 3. The van der Waals surface area contributed by atoms with Crippen molar-refractivity contribution in [2.24, 2.45) is 5.41 Å². The monoisotopic (exact) mass is 310 g/mol. The van der Waals surface area contributed by atoms with Gasteiger partial charge in [-0.15, -0.1) is 0 Å². The second-order valence-electron chi connectivity index (χ2n) is 6.55. The SMILES string of the molecule is CC(C)(C)CC(=O)Nc1cc(Cl)ccc1N1CCOCC1. The van der Waals surface area contributed by atoms with Crippen molar-refractivity contribution in [2.45, 2.75) is 27.2 Å². The minimum atomic E-state index is -0.0399. The summed E-state index contributed by atoms with van der Waals surface area (Å²) in [6, 6.07) is 5.62. The Bertz CT molecular complexity index is 505. The first-order valence-electron chi connectivity index (χ1n) is 7.27. The fourth-order valence-corrected chi connectivity index (χ4v) is 2.54. The number of hydrogen-bond donors (Lipinski definition) is 1. The maximum absolute atomic E-state index is 12.2. The summed E-state index contributed by atoms with van der Waals surface area (Å²) in [6.45, 7) is 9.21. The van der Waals surface area contributed by atoms with E-state index in [0.717, 1.165) is 24.5 Å². The van der Waals surface area contributed by atoms with E-state index in [1.54, 1.807) is 0 Å². The molecule has 1 aliphatic rings. The van der Waals surface area contributed by atoms with E-state index < -0.39 is 0 Å². The molecule has 1 aromatic carbocycles. The summed E-state index contributed by atoms with van der Waals surface area (Å²) in [4.78, 5) is 14.4. The van der Waals surface area contributed by atoms with Gasteiger partial charge in [-0.2, -0.15) is 0 Å². The van der Waals surface area contributed by atoms with Gasteiger partial charge in [-0.25, -0.2) is 0 Å². The Morgan fingerprint density at radius 3 is 2.62 bits per heavy atom. The molecule has 0 radical (unpaired) electrons. The van der Waals surface area contributed by atoms with Crippen molar-refractivity contribution < 1.29 is 9.53 Å². The van der Waals surface area contributed by atoms with Gasteiger partial charge in [-0.3, -0.25) is 4.79 Å². The summed E-state index contributed by atoms with van der Waals surface area (Å²) in [5, 5.41) is 3.62. The number of ether oxygens (including phenoxy) is 1. The molecule has 2 rings (SSSR count). The van der Waals surface area contributed by atoms with Crippen LogP contribution in [0.2, 0.25) is 5.02 Å². The molecule has 1 aromatic rings. The second-order valence-corrected chi connectivity index (χ2v) is 6.98. The number of nitrogens with one attached hydrogen (secondary N) is 1. The fraction of sp³-hybridized carbons (Fsp3) is 0.562. The molecule has 1 heterocycles. The van der Waals surface area contributed by atoms with Gasteiger partial charge in [0.15, 0.2) is 0 Å². The average molecular weight is 311 g/mol. The summed E-state index contributed by atoms with van der Waals surface area (Å²) in [7, 11) is 0. The standard InChI is InChI=1S/C16H23ClN2O2/c1-16(2,3)11-15(20)18-13-10-12(17)4-5-14(13)19-6-8-21-9-7-19/h4-5,10H,6-9,11H2,1-3H3,(H,18,20). The third-order valence-corrected chi connectivity index (χ3v) is 3.51. The Balaban J connectivity index is 2.17. The Morgan fingerprint density at radius 2 is 2.00 bits per heavy atom. The molecular weight excluding hydrogens is 288 g/mol. The van der Waals surface area contributed by atoms with Gasteiger partial charge in [0.05, 0.1) is 24.6 Å². The van der Waals surface area contributed by atoms with Gasteiger partial charge >= 0.3 is 0 Å². The summed E-state index contributed by atoms with van der Waals surface area (Å²) >= 11 is 6.08. The smallest absolute Gasteiger partial charge is 0.224 e. The molecule has 1 saturated heterocycles. The van der Waals surface area contributed by atoms with Gasteiger partial charge in [-0.1, -0.05) is 32.4 Å². The van der Waals surface area contributed by atoms with Gasteiger partial charge < -0.3 is 15.0 Å². The second kappa shape index (κ2) is 6.67. The summed E-state index contributed by atoms with van der Waals surface area (Å²) in [6.07, 6.45) is 0.474. The van der Waals surface area contributed by atoms with E-state index in [0.29, 0.717) is 24.7 Å². The first-order chi connectivity index (χ1) is 9.85. The number of carbonyl (C=O) groups excluding carboxylic acids is 1. The van der Waals surface area contributed by atoms with Crippen LogP contribution in [0.15, 0.2) is 18.2 Å². The molecule has 1 amide bonds. The Morgan fingerprint density at radius 1 is 1.33 bits per heavy atom. The van der Waals surface area contributed by atoms with Crippen LogP contribution in [0.5, 0.6) is 0 Å². The predicted molar refractivity (Wildman–Crippen MR) is 87.2 cm³/mol. The normalized spacial score (nSPS) is 15.9. The minimum absolute atomic E-state index is 0.0132. The number of morpholine rings is 1. The fourth-order valence-electron chi connectivity index (χ4n) is 2.36. The number of carbonyl (C=O) groups is 1. The molecule has 0 spiro atoms. The van der Waals surface area contributed by atoms with E-state index in [9.17, 15) is 4.79 Å². The van der Waals surface area contributed by atoms with Crippen LogP contribution in [0.25, 0.3) is 0 Å². The summed E-state index contributed by atoms with van der Waals surface area (Å²) in [5.41, 5.74) is 1.74. The van der Waals surface area contributed by atoms with E-state index in [2.05, 4.69) is 10.2 Å². The van der Waals surface area contributed by atoms with Crippen LogP contribution in [-0.4, -0.2) is 32.2 Å². The maximum atomic E-state index is 12.2. The van der Waals surface area contributed by atoms with Crippen molar-refractivity contribution in [2.75, 3.05) is 36.5 Å². The number of rotatable bonds is 3. The highest BCUT2D eigenvalue weighted by Crippen LogP contribution is 2.30. The van der Waals surface area contributed by atoms with Crippen LogP contribution >= 0.6 is 11.6 Å². The molecule has 4 nitrogen and oxygen atoms in total. The number of halogens is 1. The lowest BCUT2D eigenvalue weighted by atomic mass is 9.92. The molecular formula is C16H23ClN2O2. The topological polar surface area (TPSA) is 41.6 Å². The van der Waals surface area contributed by atoms with Crippen LogP contribution in [0.3, 0.4) is 0 Å². The Hall–Kier alpha value is -1.26. The van der Waals surface area contributed by atoms with E-state index in [1.807, 2.05) is 39.0 Å². The van der Waals surface area contributed by atoms with Gasteiger partial charge in [0.25, 0.3) is 0 Å². The van der Waals surface area contributed by atoms with Gasteiger partial charge in [0.2, 0.25) is 5.91 Å². The number of benzene rings is 1. The molecule has 116 valence electrons. The zero-order chi connectivity index (χ0) is 15.5. The minimum Gasteiger partial charge on any atom is -0.378 e. The molecule has 0 aliphatic carbocycles. The van der Waals surface area contributed by atoms with Gasteiger partial charge in [-0.05, 0) is 23.6 Å². The molecule has 21 heavy (non-hydrogen) atoms. The van der Waals surface area contributed by atoms with Crippen LogP contribution in [0.1, 0.15) is 27.2 Å². The molecule has 0 unspecified atom stereocenters. The Kier molecular flexibility index (Phi) is 5.12. The summed E-state index contributed by atoms with van der Waals surface area (Å²) < 4.78 is 5.38. The lowest BCUT2D eigenvalue weighted by Gasteiger charge is -2.31. The molecule has 0 saturated carbocycles. The number of amides is 1. The third kappa shape index (κ3) is 4.90. The maximum Gasteiger partial charge on any atom is 0.224 e. The summed E-state index contributed by atoms with van der Waals surface area (Å²) in [5.74, 6) is 0.0132. The van der Waals surface area contributed by atoms with E-state index in [-0.39, 0.29) is 11.3 Å². The van der Waals surface area contributed by atoms with Crippen molar-refractivity contribution >= 4 is 28.9 Å². The molecule has 0 bridgehead atoms. The van der Waals surface area contributed by atoms with Crippen molar-refractivity contribution in [1.29, 1.82) is 0 Å². The number of anilines is 2. The highest BCUT2D eigenvalue weighted by atomic mass is 35.5. The average Bonchev–Trinajstić information content (AvgIpc) is 2.37. The molecule has 0 atom stereocenters. The number of nitrogens with zero attached hydrogens (tertiary/aromatic N) is 1. The predicted octanol–water partition coefficient (Wildman–Crippen LogP) is 3.55. The van der Waals surface area contributed by atoms with Gasteiger partial charge in [0, 0.05) is 24.5 Å². The molecule has 5 heteroatoms. The highest BCUT2D eigenvalue weighted by molar-refractivity contribution is 6.31. The van der Waals surface area contributed by atoms with E-state index in [4.69, 9.17) is 16.3 Å². The van der Waals surface area contributed by atoms with Crippen LogP contribution < -0.4 is 10.2 Å². The molecule has 1 fully saturated rings. The van der Waals surface area contributed by atoms with Crippen molar-refractivity contribution in [3.8, 4) is 0 Å². The Labute approximate surface area is 131 Å². The van der Waals surface area contributed by atoms with Gasteiger partial charge in [0.1, 0.15) is 0 Å². The van der Waals surface area contributed by atoms with E-state index in [1.165, 1.54) is 0 Å². The van der Waals surface area contributed by atoms with Crippen LogP contribution in [0.4, 0.5) is 11.4 Å². The molecule has 1 N–H and O–H groups in total. The van der Waals surface area contributed by atoms with Crippen molar-refractivity contribution in [3.05, 3.63) is 23.2 Å². The highest BCUT2D eigenvalue weighted by Gasteiger charge is 2.19. The van der Waals surface area contributed by atoms with Crippen molar-refractivity contribution in [1.82, 2.24) is 0 Å². The zero-order valence-electron chi connectivity index (χ0n) is 12.9. The largest absolute Gasteiger partial charge is 0.378 e. The van der Waals surface area contributed by atoms with Crippen molar-refractivity contribution in [3.63, 3.8) is 0 Å². The zero-order valence-corrected chi connectivity index (χ0v) is 13.7. The quantitative estimate of drug-likeness (QED) is 0.928.